The number of hydrogen-bond donors (Lipinski definition) is 1. The molecular formula is C18H14ClN3O4S. The molecule has 3 rings (SSSR count). The van der Waals surface area contributed by atoms with Crippen molar-refractivity contribution >= 4 is 51.9 Å². The predicted molar refractivity (Wildman–Crippen MR) is 107 cm³/mol. The van der Waals surface area contributed by atoms with Gasteiger partial charge < -0.3 is 10.1 Å². The van der Waals surface area contributed by atoms with Crippen LogP contribution in [0, 0.1) is 17.0 Å². The van der Waals surface area contributed by atoms with Crippen LogP contribution in [0.4, 0.5) is 11.4 Å². The van der Waals surface area contributed by atoms with Crippen molar-refractivity contribution < 1.29 is 14.5 Å². The summed E-state index contributed by atoms with van der Waals surface area (Å²) in [6.45, 7) is 1.89. The molecule has 1 saturated heterocycles. The fourth-order valence-corrected chi connectivity index (χ4v) is 3.36. The lowest BCUT2D eigenvalue weighted by molar-refractivity contribution is -0.385. The van der Waals surface area contributed by atoms with Gasteiger partial charge in [-0.15, -0.1) is 0 Å². The van der Waals surface area contributed by atoms with E-state index in [-0.39, 0.29) is 17.3 Å². The second-order valence-electron chi connectivity index (χ2n) is 5.60. The van der Waals surface area contributed by atoms with E-state index in [0.717, 1.165) is 17.3 Å². The topological polar surface area (TPSA) is 93.8 Å². The number of benzene rings is 2. The van der Waals surface area contributed by atoms with E-state index in [0.29, 0.717) is 26.3 Å². The van der Waals surface area contributed by atoms with Crippen molar-refractivity contribution in [3.63, 3.8) is 0 Å². The third-order valence-corrected chi connectivity index (χ3v) is 5.05. The van der Waals surface area contributed by atoms with Gasteiger partial charge in [0, 0.05) is 11.1 Å². The number of aryl methyl sites for hydroxylation is 1. The fourth-order valence-electron chi connectivity index (χ4n) is 2.34. The summed E-state index contributed by atoms with van der Waals surface area (Å²) in [4.78, 5) is 27.5. The van der Waals surface area contributed by atoms with E-state index in [4.69, 9.17) is 16.3 Å². The van der Waals surface area contributed by atoms with Crippen molar-refractivity contribution in [3.05, 3.63) is 67.6 Å². The number of hydrogen-bond acceptors (Lipinski definition) is 6. The largest absolute Gasteiger partial charge is 0.490 e. The van der Waals surface area contributed by atoms with E-state index in [1.165, 1.54) is 19.2 Å². The van der Waals surface area contributed by atoms with Crippen molar-refractivity contribution in [1.29, 1.82) is 0 Å². The van der Waals surface area contributed by atoms with Crippen LogP contribution in [-0.2, 0) is 4.79 Å². The van der Waals surface area contributed by atoms with E-state index in [2.05, 4.69) is 10.3 Å². The van der Waals surface area contributed by atoms with Gasteiger partial charge in [-0.25, -0.2) is 4.99 Å². The van der Waals surface area contributed by atoms with Crippen LogP contribution in [0.25, 0.3) is 6.08 Å². The van der Waals surface area contributed by atoms with Gasteiger partial charge in [0.15, 0.2) is 10.9 Å². The molecule has 138 valence electrons. The number of amides is 1. The molecule has 7 nitrogen and oxygen atoms in total. The summed E-state index contributed by atoms with van der Waals surface area (Å²) in [5.41, 5.74) is 1.90. The maximum absolute atomic E-state index is 12.2. The van der Waals surface area contributed by atoms with E-state index in [1.807, 2.05) is 13.0 Å². The Hall–Kier alpha value is -2.84. The van der Waals surface area contributed by atoms with Crippen LogP contribution in [0.15, 0.2) is 46.3 Å². The number of nitro benzene ring substituents is 1. The van der Waals surface area contributed by atoms with Gasteiger partial charge in [0.2, 0.25) is 0 Å². The van der Waals surface area contributed by atoms with Crippen molar-refractivity contribution in [3.8, 4) is 5.75 Å². The Balaban J connectivity index is 1.87. The minimum Gasteiger partial charge on any atom is -0.490 e. The molecule has 0 aliphatic carbocycles. The normalized spacial score (nSPS) is 16.6. The first-order valence-electron chi connectivity index (χ1n) is 7.75. The summed E-state index contributed by atoms with van der Waals surface area (Å²) in [7, 11) is 1.36. The summed E-state index contributed by atoms with van der Waals surface area (Å²) in [6, 6.07) is 9.85. The van der Waals surface area contributed by atoms with Gasteiger partial charge >= 0.3 is 5.69 Å². The van der Waals surface area contributed by atoms with Crippen molar-refractivity contribution in [2.75, 3.05) is 7.11 Å². The third kappa shape index (κ3) is 4.29. The molecule has 1 N–H and O–H groups in total. The molecule has 1 aliphatic heterocycles. The summed E-state index contributed by atoms with van der Waals surface area (Å²) < 4.78 is 4.98. The number of ether oxygens (including phenoxy) is 1. The van der Waals surface area contributed by atoms with Gasteiger partial charge in [-0.3, -0.25) is 14.9 Å². The smallest absolute Gasteiger partial charge is 0.311 e. The second-order valence-corrected chi connectivity index (χ2v) is 7.04. The first-order chi connectivity index (χ1) is 12.9. The zero-order valence-corrected chi connectivity index (χ0v) is 15.9. The van der Waals surface area contributed by atoms with Crippen LogP contribution < -0.4 is 10.1 Å². The molecule has 0 bridgehead atoms. The summed E-state index contributed by atoms with van der Waals surface area (Å²) >= 11 is 7.24. The number of halogens is 1. The van der Waals surface area contributed by atoms with Gasteiger partial charge in [-0.2, -0.15) is 0 Å². The van der Waals surface area contributed by atoms with E-state index >= 15 is 0 Å². The second kappa shape index (κ2) is 7.81. The molecule has 1 aliphatic rings. The highest BCUT2D eigenvalue weighted by Gasteiger charge is 2.24. The zero-order valence-electron chi connectivity index (χ0n) is 14.4. The molecule has 0 radical (unpaired) electrons. The number of carbonyl (C=O) groups excluding carboxylic acids is 1. The van der Waals surface area contributed by atoms with E-state index < -0.39 is 4.92 Å². The first kappa shape index (κ1) is 18.9. The number of thioether (sulfide) groups is 1. The molecule has 0 aromatic heterocycles. The van der Waals surface area contributed by atoms with Crippen molar-refractivity contribution in [2.45, 2.75) is 6.92 Å². The molecule has 0 unspecified atom stereocenters. The number of nitrogens with zero attached hydrogens (tertiary/aromatic N) is 2. The van der Waals surface area contributed by atoms with Crippen LogP contribution in [0.2, 0.25) is 5.02 Å². The number of nitrogens with one attached hydrogen (secondary N) is 1. The highest BCUT2D eigenvalue weighted by Crippen LogP contribution is 2.32. The molecule has 2 aromatic carbocycles. The summed E-state index contributed by atoms with van der Waals surface area (Å²) in [6.07, 6.45) is 1.57. The predicted octanol–water partition coefficient (Wildman–Crippen LogP) is 4.46. The first-order valence-corrected chi connectivity index (χ1v) is 8.95. The molecule has 2 aromatic rings. The molecule has 1 amide bonds. The van der Waals surface area contributed by atoms with Crippen molar-refractivity contribution in [1.82, 2.24) is 5.32 Å². The van der Waals surface area contributed by atoms with Crippen LogP contribution in [-0.4, -0.2) is 23.1 Å². The van der Waals surface area contributed by atoms with Crippen molar-refractivity contribution in [2.24, 2.45) is 4.99 Å². The maximum atomic E-state index is 12.2. The minimum absolute atomic E-state index is 0.157. The molecule has 27 heavy (non-hydrogen) atoms. The zero-order chi connectivity index (χ0) is 19.6. The third-order valence-electron chi connectivity index (χ3n) is 3.73. The number of amidine groups is 1. The highest BCUT2D eigenvalue weighted by atomic mass is 35.5. The Kier molecular flexibility index (Phi) is 5.48. The lowest BCUT2D eigenvalue weighted by atomic mass is 10.1. The average molecular weight is 404 g/mol. The van der Waals surface area contributed by atoms with Gasteiger partial charge in [0.05, 0.1) is 22.6 Å². The standard InChI is InChI=1S/C18H14ClN3O4S/c1-10-3-5-12(9-13(10)19)20-18-21-17(23)16(27-18)8-11-4-6-15(26-2)14(7-11)22(24)25/h3-9H,1-2H3,(H,20,21,23)/b16-8-. The van der Waals surface area contributed by atoms with Crippen LogP contribution in [0.3, 0.4) is 0 Å². The average Bonchev–Trinajstić information content (AvgIpc) is 2.97. The summed E-state index contributed by atoms with van der Waals surface area (Å²) in [5, 5.41) is 14.8. The molecule has 1 fully saturated rings. The molecular weight excluding hydrogens is 390 g/mol. The highest BCUT2D eigenvalue weighted by molar-refractivity contribution is 8.18. The lowest BCUT2D eigenvalue weighted by Crippen LogP contribution is -2.19. The number of carbonyl (C=O) groups is 1. The molecule has 0 saturated carbocycles. The quantitative estimate of drug-likeness (QED) is 0.462. The van der Waals surface area contributed by atoms with E-state index in [9.17, 15) is 14.9 Å². The number of nitro groups is 1. The van der Waals surface area contributed by atoms with E-state index in [1.54, 1.807) is 24.3 Å². The number of rotatable bonds is 4. The van der Waals surface area contributed by atoms with Crippen LogP contribution in [0.1, 0.15) is 11.1 Å². The van der Waals surface area contributed by atoms with Gasteiger partial charge in [-0.05, 0) is 54.1 Å². The Labute approximate surface area is 164 Å². The Morgan fingerprint density at radius 3 is 2.74 bits per heavy atom. The van der Waals surface area contributed by atoms with Crippen LogP contribution in [0.5, 0.6) is 5.75 Å². The van der Waals surface area contributed by atoms with Gasteiger partial charge in [-0.1, -0.05) is 23.7 Å². The SMILES string of the molecule is COc1ccc(/C=C2\SC(=Nc3ccc(C)c(Cl)c3)NC2=O)cc1[N+](=O)[O-]. The monoisotopic (exact) mass is 403 g/mol. The van der Waals surface area contributed by atoms with Crippen LogP contribution >= 0.6 is 23.4 Å². The minimum atomic E-state index is -0.531. The molecule has 1 heterocycles. The Bertz CT molecular complexity index is 1000. The van der Waals surface area contributed by atoms with Gasteiger partial charge in [0.25, 0.3) is 5.91 Å². The molecule has 9 heteroatoms. The lowest BCUT2D eigenvalue weighted by Gasteiger charge is -2.02. The number of aliphatic imine (C=N–C) groups is 1. The van der Waals surface area contributed by atoms with Gasteiger partial charge in [0.1, 0.15) is 0 Å². The Morgan fingerprint density at radius 2 is 2.07 bits per heavy atom. The Morgan fingerprint density at radius 1 is 1.30 bits per heavy atom. The maximum Gasteiger partial charge on any atom is 0.311 e. The number of methoxy groups -OCH3 is 1. The fraction of sp³-hybridized carbons (Fsp3) is 0.111. The summed E-state index contributed by atoms with van der Waals surface area (Å²) in [5.74, 6) is -0.167. The molecule has 0 spiro atoms. The molecule has 0 atom stereocenters.